The van der Waals surface area contributed by atoms with Gasteiger partial charge in [-0.25, -0.2) is 0 Å². The Bertz CT molecular complexity index is 600. The maximum absolute atomic E-state index is 13.9. The largest absolute Gasteiger partial charge is 0.466 e. The van der Waals surface area contributed by atoms with Crippen molar-refractivity contribution < 1.29 is 46.1 Å². The van der Waals surface area contributed by atoms with E-state index in [0.29, 0.717) is 12.8 Å². The van der Waals surface area contributed by atoms with Crippen molar-refractivity contribution >= 4 is 16.4 Å². The number of benzene rings is 1. The smallest absolute Gasteiger partial charge is 0.254 e. The van der Waals surface area contributed by atoms with E-state index < -0.39 is 35.9 Å². The van der Waals surface area contributed by atoms with E-state index in [2.05, 4.69) is 2.51 Å². The molecule has 0 amide bonds. The van der Waals surface area contributed by atoms with Gasteiger partial charge in [-0.05, 0) is 30.5 Å². The molecule has 9 heteroatoms. The van der Waals surface area contributed by atoms with Crippen LogP contribution < -0.4 is 30.4 Å². The first-order valence-electron chi connectivity index (χ1n) is 6.93. The molecule has 0 saturated heterocycles. The average molecular weight is 464 g/mol. The summed E-state index contributed by atoms with van der Waals surface area (Å²) < 4.78 is 79.3. The molecule has 1 aromatic rings. The summed E-state index contributed by atoms with van der Waals surface area (Å²) in [6.45, 7) is 1.91. The minimum atomic E-state index is -6.59. The number of unbranched alkanes of at least 4 members (excludes halogenated alkanes) is 2. The minimum Gasteiger partial charge on any atom is -0.254 e. The van der Waals surface area contributed by atoms with E-state index in [4.69, 9.17) is 0 Å². The van der Waals surface area contributed by atoms with Crippen LogP contribution in [0.3, 0.4) is 0 Å². The van der Waals surface area contributed by atoms with Gasteiger partial charge in [-0.15, -0.1) is 0 Å². The lowest BCUT2D eigenvalue weighted by Gasteiger charge is -2.34. The number of hydrogen-bond acceptors (Lipinski definition) is 4. The second-order valence-corrected chi connectivity index (χ2v) is 11.0. The van der Waals surface area contributed by atoms with Crippen molar-refractivity contribution in [1.82, 2.24) is 0 Å². The Morgan fingerprint density at radius 2 is 1.78 bits per heavy atom. The van der Waals surface area contributed by atoms with Gasteiger partial charge in [-0.1, -0.05) is 38.0 Å². The Kier molecular flexibility index (Phi) is 5.69. The van der Waals surface area contributed by atoms with Crippen LogP contribution in [0.4, 0.5) is 13.2 Å². The highest BCUT2D eigenvalue weighted by atomic mass is 127. The Balaban J connectivity index is 2.55. The van der Waals surface area contributed by atoms with E-state index in [1.807, 2.05) is 6.92 Å². The van der Waals surface area contributed by atoms with Crippen LogP contribution in [0.15, 0.2) is 34.1 Å². The average Bonchev–Trinajstić information content (AvgIpc) is 2.72. The standard InChI is InChI=1S/C14H16F3IO4S/c1-2-3-4-8-12-10-11-7-5-6-9-13(11)23(12,14(15,16)17)22-18(19,20)21/h5-7,9-10H,2-4,8H2,1H3. The van der Waals surface area contributed by atoms with Gasteiger partial charge in [0.15, 0.2) is 0 Å². The number of halogens is 4. The van der Waals surface area contributed by atoms with Gasteiger partial charge < -0.3 is 0 Å². The van der Waals surface area contributed by atoms with Crippen LogP contribution in [-0.2, 0) is 2.51 Å². The van der Waals surface area contributed by atoms with Crippen LogP contribution in [0.5, 0.6) is 0 Å². The Hall–Kier alpha value is -0.330. The van der Waals surface area contributed by atoms with Gasteiger partial charge in [0.25, 0.3) is 0 Å². The van der Waals surface area contributed by atoms with Crippen molar-refractivity contribution in [3.05, 3.63) is 34.7 Å². The number of fused-ring (bicyclic) bond motifs is 1. The Morgan fingerprint density at radius 3 is 2.35 bits per heavy atom. The van der Waals surface area contributed by atoms with Crippen molar-refractivity contribution in [3.63, 3.8) is 0 Å². The van der Waals surface area contributed by atoms with Gasteiger partial charge in [0.1, 0.15) is 10.3 Å². The minimum absolute atomic E-state index is 0.0501. The molecule has 0 N–H and O–H groups in total. The molecule has 4 nitrogen and oxygen atoms in total. The maximum atomic E-state index is 13.9. The topological polar surface area (TPSA) is 78.4 Å². The third-order valence-electron chi connectivity index (χ3n) is 3.44. The molecular formula is C14H16F3IO4S. The highest BCUT2D eigenvalue weighted by Gasteiger charge is 2.67. The molecule has 1 unspecified atom stereocenters. The fourth-order valence-corrected chi connectivity index (χ4v) is 9.13. The summed E-state index contributed by atoms with van der Waals surface area (Å²) in [5.41, 5.74) is -4.71. The van der Waals surface area contributed by atoms with Gasteiger partial charge in [-0.3, -0.25) is 10.3 Å². The van der Waals surface area contributed by atoms with E-state index in [-0.39, 0.29) is 21.8 Å². The summed E-state index contributed by atoms with van der Waals surface area (Å²) in [4.78, 5) is -0.398. The molecule has 1 aliphatic heterocycles. The second-order valence-electron chi connectivity index (χ2n) is 5.05. The van der Waals surface area contributed by atoms with E-state index in [1.54, 1.807) is 6.07 Å². The molecule has 1 aromatic carbocycles. The van der Waals surface area contributed by atoms with Crippen LogP contribution in [0, 0.1) is 0 Å². The summed E-state index contributed by atoms with van der Waals surface area (Å²) in [5.74, 6) is 0. The first kappa shape index (κ1) is 19.0. The number of hydrogen-bond donors (Lipinski definition) is 0. The molecule has 1 aliphatic rings. The van der Waals surface area contributed by atoms with Gasteiger partial charge in [0.05, 0.1) is 2.51 Å². The summed E-state index contributed by atoms with van der Waals surface area (Å²) in [5, 5.41) is 0. The van der Waals surface area contributed by atoms with Crippen LogP contribution in [-0.4, -0.2) is 5.51 Å². The maximum Gasteiger partial charge on any atom is 0.466 e. The molecule has 0 aliphatic carbocycles. The molecule has 0 fully saturated rings. The molecule has 2 rings (SSSR count). The van der Waals surface area contributed by atoms with Gasteiger partial charge in [0.2, 0.25) is 0 Å². The normalized spacial score (nSPS) is 24.0. The van der Waals surface area contributed by atoms with Crippen LogP contribution in [0.2, 0.25) is 0 Å². The Labute approximate surface area is 140 Å². The lowest BCUT2D eigenvalue weighted by Crippen LogP contribution is -4.23. The SMILES string of the molecule is CCCCCC1=Cc2ccccc2S1(O[I+3]([O-])([O-])[O-])C(F)(F)F. The van der Waals surface area contributed by atoms with E-state index in [9.17, 15) is 23.5 Å². The quantitative estimate of drug-likeness (QED) is 0.406. The first-order valence-corrected chi connectivity index (χ1v) is 12.0. The molecule has 0 bridgehead atoms. The lowest BCUT2D eigenvalue weighted by atomic mass is 10.1. The van der Waals surface area contributed by atoms with Crippen molar-refractivity contribution in [2.45, 2.75) is 43.0 Å². The second kappa shape index (κ2) is 6.89. The number of alkyl halides is 3. The fraction of sp³-hybridized carbons (Fsp3) is 0.429. The van der Waals surface area contributed by atoms with Crippen LogP contribution >= 0.6 is 10.3 Å². The summed E-state index contributed by atoms with van der Waals surface area (Å²) in [7, 11) is -4.31. The molecule has 0 spiro atoms. The van der Waals surface area contributed by atoms with Gasteiger partial charge >= 0.3 is 25.6 Å². The predicted molar refractivity (Wildman–Crippen MR) is 71.6 cm³/mol. The fourth-order valence-electron chi connectivity index (χ4n) is 2.52. The summed E-state index contributed by atoms with van der Waals surface area (Å²) in [6.07, 6.45) is 3.36. The van der Waals surface area contributed by atoms with Crippen molar-refractivity contribution in [3.8, 4) is 0 Å². The summed E-state index contributed by atoms with van der Waals surface area (Å²) >= 11 is -6.59. The monoisotopic (exact) mass is 464 g/mol. The highest BCUT2D eigenvalue weighted by molar-refractivity contribution is 8.34. The lowest BCUT2D eigenvalue weighted by molar-refractivity contribution is -1.91. The number of rotatable bonds is 6. The predicted octanol–water partition coefficient (Wildman–Crippen LogP) is -0.862. The number of allylic oxidation sites excluding steroid dienone is 1. The Morgan fingerprint density at radius 1 is 1.13 bits per heavy atom. The summed E-state index contributed by atoms with van der Waals surface area (Å²) in [6, 6.07) is 5.60. The van der Waals surface area contributed by atoms with Crippen molar-refractivity contribution in [2.75, 3.05) is 0 Å². The molecule has 23 heavy (non-hydrogen) atoms. The zero-order valence-corrected chi connectivity index (χ0v) is 15.2. The van der Waals surface area contributed by atoms with E-state index in [0.717, 1.165) is 6.42 Å². The highest BCUT2D eigenvalue weighted by Crippen LogP contribution is 2.76. The third-order valence-corrected chi connectivity index (χ3v) is 9.42. The molecular weight excluding hydrogens is 448 g/mol. The van der Waals surface area contributed by atoms with Gasteiger partial charge in [-0.2, -0.15) is 13.2 Å². The molecule has 0 saturated carbocycles. The first-order chi connectivity index (χ1) is 10.6. The van der Waals surface area contributed by atoms with E-state index in [1.165, 1.54) is 24.3 Å². The zero-order valence-electron chi connectivity index (χ0n) is 12.3. The zero-order chi connectivity index (χ0) is 17.3. The van der Waals surface area contributed by atoms with Crippen LogP contribution in [0.25, 0.3) is 6.08 Å². The van der Waals surface area contributed by atoms with Crippen molar-refractivity contribution in [1.29, 1.82) is 0 Å². The van der Waals surface area contributed by atoms with Crippen LogP contribution in [0.1, 0.15) is 38.2 Å². The third kappa shape index (κ3) is 3.85. The molecule has 130 valence electrons. The molecule has 0 aromatic heterocycles. The van der Waals surface area contributed by atoms with Gasteiger partial charge in [0, 0.05) is 9.80 Å². The molecule has 1 heterocycles. The molecule has 1 atom stereocenters. The van der Waals surface area contributed by atoms with E-state index >= 15 is 0 Å². The molecule has 0 radical (unpaired) electrons. The van der Waals surface area contributed by atoms with Crippen molar-refractivity contribution in [2.24, 2.45) is 0 Å².